The molecule has 0 bridgehead atoms. The summed E-state index contributed by atoms with van der Waals surface area (Å²) >= 11 is 0. The molecular weight excluding hydrogens is 322 g/mol. The predicted octanol–water partition coefficient (Wildman–Crippen LogP) is 1.82. The van der Waals surface area contributed by atoms with Crippen LogP contribution in [-0.2, 0) is 9.53 Å². The number of piperidine rings is 1. The molecule has 7 nitrogen and oxygen atoms in total. The molecule has 2 fully saturated rings. The molecular formula is C18H27N3O4. The maximum Gasteiger partial charge on any atom is 0.330 e. The summed E-state index contributed by atoms with van der Waals surface area (Å²) in [6, 6.07) is 1.51. The molecule has 1 aromatic rings. The molecule has 25 heavy (non-hydrogen) atoms. The van der Waals surface area contributed by atoms with Crippen LogP contribution in [0, 0.1) is 5.92 Å². The summed E-state index contributed by atoms with van der Waals surface area (Å²) in [6.07, 6.45) is 6.67. The minimum absolute atomic E-state index is 0.00712. The number of aromatic amines is 1. The number of aromatic nitrogens is 2. The average Bonchev–Trinajstić information content (AvgIpc) is 2.62. The van der Waals surface area contributed by atoms with Crippen LogP contribution in [0.3, 0.4) is 0 Å². The SMILES string of the molecule is CCOC(=O)[C@H]1CCCN(c2cc(=O)n(C3CCCCC3)c(=O)[nH]2)C1. The summed E-state index contributed by atoms with van der Waals surface area (Å²) in [4.78, 5) is 41.8. The first kappa shape index (κ1) is 17.8. The third-order valence-corrected chi connectivity index (χ3v) is 5.27. The largest absolute Gasteiger partial charge is 0.466 e. The average molecular weight is 349 g/mol. The Labute approximate surface area is 147 Å². The molecule has 1 N–H and O–H groups in total. The molecule has 1 aliphatic heterocycles. The number of esters is 1. The van der Waals surface area contributed by atoms with Crippen LogP contribution in [0.4, 0.5) is 5.82 Å². The Balaban J connectivity index is 1.80. The molecule has 2 heterocycles. The lowest BCUT2D eigenvalue weighted by Gasteiger charge is -2.33. The van der Waals surface area contributed by atoms with Crippen LogP contribution in [0.15, 0.2) is 15.7 Å². The van der Waals surface area contributed by atoms with Crippen LogP contribution in [0.2, 0.25) is 0 Å². The van der Waals surface area contributed by atoms with E-state index in [0.29, 0.717) is 19.0 Å². The van der Waals surface area contributed by atoms with Gasteiger partial charge in [0.2, 0.25) is 0 Å². The van der Waals surface area contributed by atoms with E-state index >= 15 is 0 Å². The van der Waals surface area contributed by atoms with Gasteiger partial charge in [-0.2, -0.15) is 0 Å². The van der Waals surface area contributed by atoms with Gasteiger partial charge in [0.05, 0.1) is 12.5 Å². The number of hydrogen-bond donors (Lipinski definition) is 1. The zero-order chi connectivity index (χ0) is 17.8. The molecule has 0 aromatic carbocycles. The van der Waals surface area contributed by atoms with Gasteiger partial charge in [-0.15, -0.1) is 0 Å². The van der Waals surface area contributed by atoms with Crippen molar-refractivity contribution in [3.63, 3.8) is 0 Å². The van der Waals surface area contributed by atoms with Gasteiger partial charge in [-0.3, -0.25) is 19.1 Å². The van der Waals surface area contributed by atoms with Gasteiger partial charge in [0.1, 0.15) is 5.82 Å². The summed E-state index contributed by atoms with van der Waals surface area (Å²) in [6.45, 7) is 3.35. The molecule has 3 rings (SSSR count). The van der Waals surface area contributed by atoms with Crippen LogP contribution in [-0.4, -0.2) is 35.2 Å². The van der Waals surface area contributed by atoms with Gasteiger partial charge in [-0.1, -0.05) is 19.3 Å². The topological polar surface area (TPSA) is 84.4 Å². The Morgan fingerprint density at radius 2 is 1.96 bits per heavy atom. The number of carbonyl (C=O) groups is 1. The van der Waals surface area contributed by atoms with Crippen molar-refractivity contribution in [2.24, 2.45) is 5.92 Å². The molecule has 0 radical (unpaired) electrons. The number of H-pyrrole nitrogens is 1. The maximum atomic E-state index is 12.5. The molecule has 1 atom stereocenters. The quantitative estimate of drug-likeness (QED) is 0.838. The third kappa shape index (κ3) is 3.96. The van der Waals surface area contributed by atoms with Crippen LogP contribution in [0.5, 0.6) is 0 Å². The normalized spacial score (nSPS) is 22.0. The van der Waals surface area contributed by atoms with E-state index in [1.165, 1.54) is 17.1 Å². The van der Waals surface area contributed by atoms with E-state index in [0.717, 1.165) is 45.1 Å². The third-order valence-electron chi connectivity index (χ3n) is 5.27. The lowest BCUT2D eigenvalue weighted by molar-refractivity contribution is -0.148. The lowest BCUT2D eigenvalue weighted by atomic mass is 9.95. The van der Waals surface area contributed by atoms with Crippen LogP contribution in [0.25, 0.3) is 0 Å². The van der Waals surface area contributed by atoms with Crippen LogP contribution >= 0.6 is 0 Å². The zero-order valence-electron chi connectivity index (χ0n) is 14.8. The number of carbonyl (C=O) groups excluding carboxylic acids is 1. The minimum atomic E-state index is -0.340. The molecule has 0 amide bonds. The monoisotopic (exact) mass is 349 g/mol. The molecule has 1 saturated heterocycles. The molecule has 1 aromatic heterocycles. The van der Waals surface area contributed by atoms with Crippen LogP contribution < -0.4 is 16.1 Å². The highest BCUT2D eigenvalue weighted by atomic mass is 16.5. The van der Waals surface area contributed by atoms with E-state index in [2.05, 4.69) is 4.98 Å². The summed E-state index contributed by atoms with van der Waals surface area (Å²) in [5, 5.41) is 0. The maximum absolute atomic E-state index is 12.5. The van der Waals surface area contributed by atoms with Crippen molar-refractivity contribution >= 4 is 11.8 Å². The smallest absolute Gasteiger partial charge is 0.330 e. The predicted molar refractivity (Wildman–Crippen MR) is 95.0 cm³/mol. The second-order valence-corrected chi connectivity index (χ2v) is 7.00. The van der Waals surface area contributed by atoms with Crippen molar-refractivity contribution in [2.45, 2.75) is 57.9 Å². The standard InChI is InChI=1S/C18H27N3O4/c1-2-25-17(23)13-7-6-10-20(12-13)15-11-16(22)21(18(24)19-15)14-8-4-3-5-9-14/h11,13-14H,2-10,12H2,1H3,(H,19,24)/t13-/m0/s1. The number of ether oxygens (including phenoxy) is 1. The van der Waals surface area contributed by atoms with Crippen LogP contribution in [0.1, 0.15) is 57.9 Å². The van der Waals surface area contributed by atoms with Crippen molar-refractivity contribution in [2.75, 3.05) is 24.6 Å². The molecule has 7 heteroatoms. The van der Waals surface area contributed by atoms with Crippen molar-refractivity contribution in [1.82, 2.24) is 9.55 Å². The molecule has 1 aliphatic carbocycles. The van der Waals surface area contributed by atoms with E-state index in [-0.39, 0.29) is 29.2 Å². The van der Waals surface area contributed by atoms with E-state index < -0.39 is 0 Å². The highest BCUT2D eigenvalue weighted by molar-refractivity contribution is 5.73. The number of hydrogen-bond acceptors (Lipinski definition) is 5. The first-order valence-corrected chi connectivity index (χ1v) is 9.37. The summed E-state index contributed by atoms with van der Waals surface area (Å²) in [7, 11) is 0. The second-order valence-electron chi connectivity index (χ2n) is 7.00. The highest BCUT2D eigenvalue weighted by Gasteiger charge is 2.28. The first-order valence-electron chi connectivity index (χ1n) is 9.37. The summed E-state index contributed by atoms with van der Waals surface area (Å²) < 4.78 is 6.48. The molecule has 0 unspecified atom stereocenters. The summed E-state index contributed by atoms with van der Waals surface area (Å²) in [5.41, 5.74) is -0.587. The fourth-order valence-electron chi connectivity index (χ4n) is 4.00. The number of nitrogens with one attached hydrogen (secondary N) is 1. The van der Waals surface area contributed by atoms with Gasteiger partial charge in [0.15, 0.2) is 0 Å². The number of anilines is 1. The Morgan fingerprint density at radius 1 is 1.20 bits per heavy atom. The highest BCUT2D eigenvalue weighted by Crippen LogP contribution is 2.26. The van der Waals surface area contributed by atoms with Crippen molar-refractivity contribution in [1.29, 1.82) is 0 Å². The zero-order valence-corrected chi connectivity index (χ0v) is 14.8. The van der Waals surface area contributed by atoms with Crippen molar-refractivity contribution in [3.05, 3.63) is 26.9 Å². The number of nitrogens with zero attached hydrogens (tertiary/aromatic N) is 2. The van der Waals surface area contributed by atoms with Gasteiger partial charge in [0.25, 0.3) is 5.56 Å². The fourth-order valence-corrected chi connectivity index (χ4v) is 4.00. The second kappa shape index (κ2) is 7.89. The van der Waals surface area contributed by atoms with E-state index in [1.54, 1.807) is 6.92 Å². The molecule has 0 spiro atoms. The van der Waals surface area contributed by atoms with Gasteiger partial charge < -0.3 is 9.64 Å². The first-order chi connectivity index (χ1) is 12.1. The number of rotatable bonds is 4. The Morgan fingerprint density at radius 3 is 2.64 bits per heavy atom. The van der Waals surface area contributed by atoms with Gasteiger partial charge in [0, 0.05) is 25.2 Å². The fraction of sp³-hybridized carbons (Fsp3) is 0.722. The lowest BCUT2D eigenvalue weighted by Crippen LogP contribution is -2.44. The minimum Gasteiger partial charge on any atom is -0.466 e. The van der Waals surface area contributed by atoms with Crippen molar-refractivity contribution < 1.29 is 9.53 Å². The van der Waals surface area contributed by atoms with Gasteiger partial charge in [-0.05, 0) is 32.6 Å². The Bertz CT molecular complexity index is 687. The van der Waals surface area contributed by atoms with Crippen molar-refractivity contribution in [3.8, 4) is 0 Å². The molecule has 1 saturated carbocycles. The van der Waals surface area contributed by atoms with E-state index in [4.69, 9.17) is 4.74 Å². The van der Waals surface area contributed by atoms with Gasteiger partial charge >= 0.3 is 11.7 Å². The molecule has 138 valence electrons. The van der Waals surface area contributed by atoms with E-state index in [1.807, 2.05) is 4.90 Å². The Kier molecular flexibility index (Phi) is 5.60. The summed E-state index contributed by atoms with van der Waals surface area (Å²) in [5.74, 6) is 0.0964. The van der Waals surface area contributed by atoms with E-state index in [9.17, 15) is 14.4 Å². The molecule has 2 aliphatic rings. The van der Waals surface area contributed by atoms with Gasteiger partial charge in [-0.25, -0.2) is 4.79 Å². The Hall–Kier alpha value is -2.05.